The van der Waals surface area contributed by atoms with Crippen LogP contribution in [0.5, 0.6) is 5.88 Å². The van der Waals surface area contributed by atoms with Crippen LogP contribution in [0, 0.1) is 5.92 Å². The highest BCUT2D eigenvalue weighted by Gasteiger charge is 2.24. The predicted molar refractivity (Wildman–Crippen MR) is 114 cm³/mol. The smallest absolute Gasteiger partial charge is 0.258 e. The topological polar surface area (TPSA) is 179 Å². The Labute approximate surface area is 178 Å². The highest BCUT2D eigenvalue weighted by Crippen LogP contribution is 2.28. The number of rotatable bonds is 9. The second-order valence-corrected chi connectivity index (χ2v) is 7.04. The number of nitrogens with one attached hydrogen (secondary N) is 2. The first kappa shape index (κ1) is 21.9. The average Bonchev–Trinajstić information content (AvgIpc) is 3.26. The van der Waals surface area contributed by atoms with Gasteiger partial charge in [0.15, 0.2) is 5.82 Å². The van der Waals surface area contributed by atoms with E-state index in [1.807, 2.05) is 19.9 Å². The van der Waals surface area contributed by atoms with Crippen molar-refractivity contribution in [2.45, 2.75) is 26.1 Å². The molecular formula is C19H25N9O3. The summed E-state index contributed by atoms with van der Waals surface area (Å²) in [4.78, 5) is 22.1. The fourth-order valence-electron chi connectivity index (χ4n) is 2.95. The van der Waals surface area contributed by atoms with Crippen LogP contribution in [-0.2, 0) is 0 Å². The quantitative estimate of drug-likeness (QED) is 0.304. The lowest BCUT2D eigenvalue weighted by molar-refractivity contribution is 0.0997. The van der Waals surface area contributed by atoms with E-state index in [-0.39, 0.29) is 29.1 Å². The van der Waals surface area contributed by atoms with Crippen molar-refractivity contribution in [3.05, 3.63) is 42.2 Å². The number of hydrogen-bond donors (Lipinski definition) is 5. The van der Waals surface area contributed by atoms with E-state index in [9.17, 15) is 9.90 Å². The van der Waals surface area contributed by atoms with Gasteiger partial charge < -0.3 is 31.9 Å². The third-order valence-corrected chi connectivity index (χ3v) is 4.46. The first-order valence-electron chi connectivity index (χ1n) is 9.50. The Kier molecular flexibility index (Phi) is 6.62. The molecule has 31 heavy (non-hydrogen) atoms. The van der Waals surface area contributed by atoms with Gasteiger partial charge in [-0.15, -0.1) is 0 Å². The molecule has 0 fully saturated rings. The maximum absolute atomic E-state index is 12.1. The first-order chi connectivity index (χ1) is 14.8. The molecule has 2 unspecified atom stereocenters. The molecule has 0 aliphatic rings. The summed E-state index contributed by atoms with van der Waals surface area (Å²) in [6.07, 6.45) is 1.98. The van der Waals surface area contributed by atoms with Crippen LogP contribution in [0.3, 0.4) is 0 Å². The van der Waals surface area contributed by atoms with Crippen LogP contribution >= 0.6 is 0 Å². The Morgan fingerprint density at radius 1 is 1.23 bits per heavy atom. The zero-order chi connectivity index (χ0) is 22.5. The number of amides is 1. The summed E-state index contributed by atoms with van der Waals surface area (Å²) in [6.45, 7) is 3.77. The molecule has 0 spiro atoms. The van der Waals surface area contributed by atoms with Crippen LogP contribution in [0.25, 0.3) is 5.69 Å². The number of nitrogens with two attached hydrogens (primary N) is 2. The molecule has 3 rings (SSSR count). The molecule has 2 heterocycles. The number of carbonyl (C=O) groups is 1. The molecular weight excluding hydrogens is 402 g/mol. The molecule has 0 radical (unpaired) electrons. The largest absolute Gasteiger partial charge is 0.480 e. The number of benzene rings is 1. The Morgan fingerprint density at radius 3 is 2.52 bits per heavy atom. The molecule has 12 nitrogen and oxygen atoms in total. The van der Waals surface area contributed by atoms with Gasteiger partial charge in [-0.05, 0) is 24.1 Å². The molecule has 0 saturated heterocycles. The molecule has 1 aromatic carbocycles. The van der Waals surface area contributed by atoms with Gasteiger partial charge in [-0.2, -0.15) is 25.0 Å². The summed E-state index contributed by atoms with van der Waals surface area (Å²) < 4.78 is 5.26. The van der Waals surface area contributed by atoms with E-state index in [4.69, 9.17) is 16.2 Å². The van der Waals surface area contributed by atoms with E-state index in [2.05, 4.69) is 30.8 Å². The van der Waals surface area contributed by atoms with Gasteiger partial charge in [0.2, 0.25) is 11.8 Å². The van der Waals surface area contributed by atoms with Crippen LogP contribution in [0.15, 0.2) is 36.7 Å². The van der Waals surface area contributed by atoms with Gasteiger partial charge in [0.25, 0.3) is 5.91 Å². The summed E-state index contributed by atoms with van der Waals surface area (Å²) >= 11 is 0. The molecule has 0 aliphatic carbocycles. The normalized spacial score (nSPS) is 13.0. The lowest BCUT2D eigenvalue weighted by Crippen LogP contribution is -2.44. The molecule has 1 amide bonds. The first-order valence-corrected chi connectivity index (χ1v) is 9.50. The van der Waals surface area contributed by atoms with Gasteiger partial charge in [0.05, 0.1) is 31.2 Å². The molecule has 2 atom stereocenters. The van der Waals surface area contributed by atoms with Crippen molar-refractivity contribution in [3.8, 4) is 11.6 Å². The molecule has 164 valence electrons. The van der Waals surface area contributed by atoms with Crippen LogP contribution in [-0.4, -0.2) is 55.4 Å². The summed E-state index contributed by atoms with van der Waals surface area (Å²) in [5, 5.41) is 24.1. The number of aliphatic hydroxyl groups excluding tert-OH is 1. The summed E-state index contributed by atoms with van der Waals surface area (Å²) in [7, 11) is 1.37. The van der Waals surface area contributed by atoms with Gasteiger partial charge in [-0.1, -0.05) is 19.9 Å². The maximum atomic E-state index is 12.1. The number of methoxy groups -OCH3 is 1. The molecule has 3 aromatic rings. The lowest BCUT2D eigenvalue weighted by atomic mass is 10.0. The third-order valence-electron chi connectivity index (χ3n) is 4.46. The lowest BCUT2D eigenvalue weighted by Gasteiger charge is -2.25. The Morgan fingerprint density at radius 2 is 1.94 bits per heavy atom. The van der Waals surface area contributed by atoms with Crippen molar-refractivity contribution in [3.63, 3.8) is 0 Å². The fraction of sp³-hybridized carbons (Fsp3) is 0.316. The Hall–Kier alpha value is -3.77. The minimum atomic E-state index is -1.15. The van der Waals surface area contributed by atoms with Gasteiger partial charge in [-0.25, -0.2) is 0 Å². The number of carbonyl (C=O) groups excluding carboxylic acids is 1. The molecule has 7 N–H and O–H groups in total. The van der Waals surface area contributed by atoms with Crippen LogP contribution < -0.4 is 26.8 Å². The number of aliphatic hydroxyl groups is 1. The van der Waals surface area contributed by atoms with E-state index in [1.54, 1.807) is 30.6 Å². The van der Waals surface area contributed by atoms with Crippen molar-refractivity contribution in [1.82, 2.24) is 25.0 Å². The molecule has 12 heteroatoms. The summed E-state index contributed by atoms with van der Waals surface area (Å²) in [5.41, 5.74) is 12.5. The number of ether oxygens (including phenoxy) is 1. The van der Waals surface area contributed by atoms with Crippen LogP contribution in [0.1, 0.15) is 24.2 Å². The second-order valence-electron chi connectivity index (χ2n) is 7.04. The van der Waals surface area contributed by atoms with Crippen molar-refractivity contribution in [2.24, 2.45) is 17.4 Å². The van der Waals surface area contributed by atoms with E-state index in [0.717, 1.165) is 0 Å². The van der Waals surface area contributed by atoms with Crippen molar-refractivity contribution >= 4 is 23.4 Å². The van der Waals surface area contributed by atoms with E-state index >= 15 is 0 Å². The predicted octanol–water partition coefficient (Wildman–Crippen LogP) is 0.622. The number of hydrogen-bond acceptors (Lipinski definition) is 10. The highest BCUT2D eigenvalue weighted by atomic mass is 16.5. The second kappa shape index (κ2) is 9.36. The molecule has 0 saturated carbocycles. The number of anilines is 3. The number of nitrogens with zero attached hydrogens (tertiary/aromatic N) is 5. The highest BCUT2D eigenvalue weighted by molar-refractivity contribution is 6.00. The van der Waals surface area contributed by atoms with Crippen LogP contribution in [0.4, 0.5) is 17.5 Å². The van der Waals surface area contributed by atoms with Gasteiger partial charge in [-0.3, -0.25) is 4.79 Å². The Balaban J connectivity index is 2.01. The summed E-state index contributed by atoms with van der Waals surface area (Å²) in [6, 6.07) is 6.63. The maximum Gasteiger partial charge on any atom is 0.258 e. The third kappa shape index (κ3) is 5.05. The summed E-state index contributed by atoms with van der Waals surface area (Å²) in [5.74, 6) is -0.583. The fourth-order valence-corrected chi connectivity index (χ4v) is 2.95. The number of primary amides is 1. The van der Waals surface area contributed by atoms with Crippen molar-refractivity contribution < 1.29 is 14.6 Å². The van der Waals surface area contributed by atoms with Crippen molar-refractivity contribution in [1.29, 1.82) is 0 Å². The van der Waals surface area contributed by atoms with Gasteiger partial charge >= 0.3 is 0 Å². The molecule has 0 bridgehead atoms. The zero-order valence-corrected chi connectivity index (χ0v) is 17.4. The van der Waals surface area contributed by atoms with Gasteiger partial charge in [0, 0.05) is 5.69 Å². The van der Waals surface area contributed by atoms with E-state index in [0.29, 0.717) is 11.4 Å². The molecule has 2 aromatic heterocycles. The Bertz CT molecular complexity index is 1030. The number of aromatic nitrogens is 5. The SMILES string of the molecule is COc1nc(NC(C(C)C)C(N)O)nc(Nc2cccc(-n3nccn3)c2)c1C(N)=O. The minimum Gasteiger partial charge on any atom is -0.480 e. The zero-order valence-electron chi connectivity index (χ0n) is 17.4. The monoisotopic (exact) mass is 427 g/mol. The van der Waals surface area contributed by atoms with Crippen molar-refractivity contribution in [2.75, 3.05) is 17.7 Å². The average molecular weight is 427 g/mol. The van der Waals surface area contributed by atoms with Gasteiger partial charge in [0.1, 0.15) is 11.8 Å². The van der Waals surface area contributed by atoms with E-state index < -0.39 is 18.2 Å². The standard InChI is InChI=1S/C19H25N9O3/c1-10(2)14(16(21)30)25-19-26-17(13(15(20)29)18(27-19)31-3)24-11-5-4-6-12(9-11)28-22-7-8-23-28/h4-10,14,16,30H,21H2,1-3H3,(H2,20,29)(H2,24,25,26,27). The minimum absolute atomic E-state index is 0.0218. The van der Waals surface area contributed by atoms with E-state index in [1.165, 1.54) is 11.9 Å². The van der Waals surface area contributed by atoms with Crippen LogP contribution in [0.2, 0.25) is 0 Å². The molecule has 0 aliphatic heterocycles.